The van der Waals surface area contributed by atoms with Gasteiger partial charge < -0.3 is 15.8 Å². The lowest BCUT2D eigenvalue weighted by molar-refractivity contribution is 0.217. The second-order valence-electron chi connectivity index (χ2n) is 1.52. The molecule has 0 rings (SSSR count). The van der Waals surface area contributed by atoms with Crippen LogP contribution in [-0.2, 0) is 4.65 Å². The molecule has 0 aliphatic carbocycles. The van der Waals surface area contributed by atoms with E-state index >= 15 is 0 Å². The summed E-state index contributed by atoms with van der Waals surface area (Å²) in [5, 5.41) is 7.89. The van der Waals surface area contributed by atoms with Crippen molar-refractivity contribution in [3.63, 3.8) is 0 Å². The molecule has 0 fully saturated rings. The van der Waals surface area contributed by atoms with E-state index in [0.29, 0.717) is 6.61 Å². The maximum absolute atomic E-state index is 11.4. The largest absolute Gasteiger partial charge is 0.677 e. The summed E-state index contributed by atoms with van der Waals surface area (Å²) in [5.41, 5.74) is 0. The summed E-state index contributed by atoms with van der Waals surface area (Å²) in [6, 6.07) is 0. The fourth-order valence-corrected chi connectivity index (χ4v) is 0.325. The number of unbranched alkanes of at least 4 members (excludes halogenated alkanes) is 1. The number of hydrogen-bond donors (Lipinski definition) is 2. The molecule has 5 heteroatoms. The second-order valence-corrected chi connectivity index (χ2v) is 1.52. The molecule has 0 bridgehead atoms. The smallest absolute Gasteiger partial charge is 0.398 e. The maximum atomic E-state index is 11.4. The first-order chi connectivity index (χ1) is 3.77. The van der Waals surface area contributed by atoms with Crippen LogP contribution in [-0.4, -0.2) is 19.0 Å². The number of halogens is 1. The summed E-state index contributed by atoms with van der Waals surface area (Å²) in [4.78, 5) is 0. The summed E-state index contributed by atoms with van der Waals surface area (Å²) in [7, 11) is -2.10. The molecule has 0 saturated heterocycles. The van der Waals surface area contributed by atoms with Crippen molar-refractivity contribution in [1.29, 1.82) is 0 Å². The minimum absolute atomic E-state index is 0. The lowest BCUT2D eigenvalue weighted by Gasteiger charge is -1.96. The van der Waals surface area contributed by atoms with Crippen LogP contribution in [0.15, 0.2) is 0 Å². The summed E-state index contributed by atoms with van der Waals surface area (Å²) in [6.45, 7) is 2.27. The van der Waals surface area contributed by atoms with Gasteiger partial charge in [0.15, 0.2) is 0 Å². The molecule has 9 heavy (non-hydrogen) atoms. The average molecular weight is 137 g/mol. The van der Waals surface area contributed by atoms with E-state index in [1.54, 1.807) is 0 Å². The summed E-state index contributed by atoms with van der Waals surface area (Å²) in [6.07, 6.45) is 1.74. The van der Waals surface area contributed by atoms with E-state index in [1.807, 2.05) is 6.92 Å². The molecule has 0 unspecified atom stereocenters. The van der Waals surface area contributed by atoms with Crippen LogP contribution in [0.25, 0.3) is 0 Å². The Labute approximate surface area is 55.0 Å². The van der Waals surface area contributed by atoms with E-state index in [0.717, 1.165) is 12.8 Å². The first-order valence-corrected chi connectivity index (χ1v) is 2.71. The fraction of sp³-hybridized carbons (Fsp3) is 1.00. The molecule has 3 nitrogen and oxygen atoms in total. The van der Waals surface area contributed by atoms with Gasteiger partial charge in [-0.15, -0.1) is 0 Å². The van der Waals surface area contributed by atoms with E-state index < -0.39 is 7.40 Å². The summed E-state index contributed by atoms with van der Waals surface area (Å²) < 4.78 is 15.5. The quantitative estimate of drug-likeness (QED) is 0.447. The fourth-order valence-electron chi connectivity index (χ4n) is 0.325. The van der Waals surface area contributed by atoms with E-state index in [2.05, 4.69) is 4.65 Å². The molecule has 0 amide bonds. The third kappa shape index (κ3) is 11.4. The lowest BCUT2D eigenvalue weighted by Crippen LogP contribution is -2.11. The molecule has 0 radical (unpaired) electrons. The van der Waals surface area contributed by atoms with E-state index in [-0.39, 0.29) is 6.15 Å². The first-order valence-electron chi connectivity index (χ1n) is 2.71. The van der Waals surface area contributed by atoms with Crippen LogP contribution in [0, 0.1) is 0 Å². The lowest BCUT2D eigenvalue weighted by atomic mass is 10.3. The highest BCUT2D eigenvalue weighted by atomic mass is 19.1. The molecule has 0 aliphatic heterocycles. The zero-order chi connectivity index (χ0) is 6.41. The molecule has 0 heterocycles. The molecule has 0 aromatic rings. The molecule has 0 spiro atoms. The van der Waals surface area contributed by atoms with E-state index in [9.17, 15) is 4.32 Å². The Morgan fingerprint density at radius 1 is 1.67 bits per heavy atom. The van der Waals surface area contributed by atoms with Crippen LogP contribution in [0.5, 0.6) is 0 Å². The van der Waals surface area contributed by atoms with Crippen molar-refractivity contribution in [2.24, 2.45) is 0 Å². The van der Waals surface area contributed by atoms with Crippen molar-refractivity contribution in [3.05, 3.63) is 0 Å². The normalized spacial score (nSPS) is 8.33. The van der Waals surface area contributed by atoms with Gasteiger partial charge in [0.1, 0.15) is 0 Å². The van der Waals surface area contributed by atoms with Crippen molar-refractivity contribution in [2.45, 2.75) is 19.8 Å². The van der Waals surface area contributed by atoms with Gasteiger partial charge in [0.05, 0.1) is 0 Å². The van der Waals surface area contributed by atoms with Crippen LogP contribution in [0.1, 0.15) is 19.8 Å². The average Bonchev–Trinajstić information content (AvgIpc) is 1.66. The van der Waals surface area contributed by atoms with Gasteiger partial charge in [0.2, 0.25) is 0 Å². The predicted molar refractivity (Wildman–Crippen MR) is 35.0 cm³/mol. The van der Waals surface area contributed by atoms with Crippen molar-refractivity contribution < 1.29 is 14.0 Å². The molecule has 56 valence electrons. The topological polar surface area (TPSA) is 64.5 Å². The highest BCUT2D eigenvalue weighted by Gasteiger charge is 2.08. The molecule has 0 saturated carbocycles. The molecule has 0 aliphatic rings. The van der Waals surface area contributed by atoms with Gasteiger partial charge >= 0.3 is 7.40 Å². The van der Waals surface area contributed by atoms with Gasteiger partial charge in [-0.05, 0) is 6.42 Å². The van der Waals surface area contributed by atoms with Crippen LogP contribution in [0.4, 0.5) is 4.32 Å². The Bertz CT molecular complexity index is 55.8. The van der Waals surface area contributed by atoms with Gasteiger partial charge in [-0.25, -0.2) is 0 Å². The number of hydrogen-bond acceptors (Lipinski definition) is 3. The van der Waals surface area contributed by atoms with Crippen LogP contribution in [0.3, 0.4) is 0 Å². The zero-order valence-electron chi connectivity index (χ0n) is 5.64. The van der Waals surface area contributed by atoms with Crippen LogP contribution in [0.2, 0.25) is 0 Å². The highest BCUT2D eigenvalue weighted by Crippen LogP contribution is 1.89. The second kappa shape index (κ2) is 7.87. The van der Waals surface area contributed by atoms with Gasteiger partial charge in [-0.1, -0.05) is 13.3 Å². The molecule has 0 aromatic carbocycles. The van der Waals surface area contributed by atoms with Crippen molar-refractivity contribution in [3.8, 4) is 0 Å². The number of rotatable bonds is 4. The SMILES string of the molecule is CCCCOB(O)F.N. The van der Waals surface area contributed by atoms with Gasteiger partial charge in [-0.3, -0.25) is 4.32 Å². The van der Waals surface area contributed by atoms with Gasteiger partial charge in [-0.2, -0.15) is 0 Å². The van der Waals surface area contributed by atoms with Gasteiger partial charge in [0.25, 0.3) is 0 Å². The molecule has 4 N–H and O–H groups in total. The van der Waals surface area contributed by atoms with Crippen molar-refractivity contribution in [1.82, 2.24) is 6.15 Å². The standard InChI is InChI=1S/C4H10BFO2.H3N/c1-2-3-4-8-5(6)7;/h7H,2-4H2,1H3;1H3. The third-order valence-corrected chi connectivity index (χ3v) is 0.753. The molecular formula is C4H13BFNO2. The first kappa shape index (κ1) is 11.6. The third-order valence-electron chi connectivity index (χ3n) is 0.753. The van der Waals surface area contributed by atoms with E-state index in [4.69, 9.17) is 5.02 Å². The molecule has 0 aromatic heterocycles. The Morgan fingerprint density at radius 3 is 2.56 bits per heavy atom. The van der Waals surface area contributed by atoms with Gasteiger partial charge in [0, 0.05) is 6.61 Å². The minimum Gasteiger partial charge on any atom is -0.398 e. The summed E-state index contributed by atoms with van der Waals surface area (Å²) in [5.74, 6) is 0. The predicted octanol–water partition coefficient (Wildman–Crippen LogP) is 0.912. The monoisotopic (exact) mass is 137 g/mol. The Kier molecular flexibility index (Phi) is 10.2. The summed E-state index contributed by atoms with van der Waals surface area (Å²) >= 11 is 0. The van der Waals surface area contributed by atoms with Crippen LogP contribution < -0.4 is 6.15 Å². The Morgan fingerprint density at radius 2 is 2.22 bits per heavy atom. The highest BCUT2D eigenvalue weighted by molar-refractivity contribution is 6.33. The van der Waals surface area contributed by atoms with Crippen LogP contribution >= 0.6 is 0 Å². The minimum atomic E-state index is -2.10. The van der Waals surface area contributed by atoms with Crippen molar-refractivity contribution >= 4 is 7.40 Å². The zero-order valence-corrected chi connectivity index (χ0v) is 5.64. The molecule has 0 atom stereocenters. The molecular weight excluding hydrogens is 124 g/mol. The Hall–Kier alpha value is -0.125. The maximum Gasteiger partial charge on any atom is 0.677 e. The van der Waals surface area contributed by atoms with Crippen molar-refractivity contribution in [2.75, 3.05) is 6.61 Å². The Balaban J connectivity index is 0. The van der Waals surface area contributed by atoms with E-state index in [1.165, 1.54) is 0 Å².